The number of rotatable bonds is 1. The number of nitrogens with two attached hydrogens (primary N) is 1. The van der Waals surface area contributed by atoms with Crippen molar-refractivity contribution in [2.45, 2.75) is 18.5 Å². The predicted molar refractivity (Wildman–Crippen MR) is 59.5 cm³/mol. The minimum absolute atomic E-state index is 0.0297. The number of likely N-dealkylation sites (tertiary alicyclic amines) is 1. The van der Waals surface area contributed by atoms with Crippen LogP contribution < -0.4 is 5.73 Å². The highest BCUT2D eigenvalue weighted by atomic mass is 35.5. The molecule has 2 N–H and O–H groups in total. The highest BCUT2D eigenvalue weighted by Crippen LogP contribution is 2.32. The van der Waals surface area contributed by atoms with Crippen molar-refractivity contribution in [2.24, 2.45) is 5.73 Å². The Bertz CT molecular complexity index is 418. The van der Waals surface area contributed by atoms with Gasteiger partial charge < -0.3 is 10.6 Å². The standard InChI is InChI=1S/C11H12ClFN2O/c1-15-10(16)5-9(14)11(15)6-2-7(12)4-8(13)3-6/h2-4,9,11H,5,14H2,1H3/t9-,11+/m0/s1. The van der Waals surface area contributed by atoms with Crippen LogP contribution >= 0.6 is 11.6 Å². The number of benzene rings is 1. The Labute approximate surface area is 98.0 Å². The zero-order valence-electron chi connectivity index (χ0n) is 8.78. The lowest BCUT2D eigenvalue weighted by Gasteiger charge is -2.23. The first-order valence-corrected chi connectivity index (χ1v) is 5.34. The summed E-state index contributed by atoms with van der Waals surface area (Å²) in [7, 11) is 1.67. The molecule has 5 heteroatoms. The zero-order chi connectivity index (χ0) is 11.9. The Morgan fingerprint density at radius 2 is 2.19 bits per heavy atom. The maximum atomic E-state index is 13.2. The van der Waals surface area contributed by atoms with Crippen molar-refractivity contribution in [1.82, 2.24) is 4.90 Å². The fourth-order valence-electron chi connectivity index (χ4n) is 2.12. The molecule has 1 saturated heterocycles. The zero-order valence-corrected chi connectivity index (χ0v) is 9.54. The minimum atomic E-state index is -0.414. The van der Waals surface area contributed by atoms with Crippen molar-refractivity contribution >= 4 is 17.5 Å². The van der Waals surface area contributed by atoms with Crippen LogP contribution in [0.3, 0.4) is 0 Å². The lowest BCUT2D eigenvalue weighted by atomic mass is 10.0. The van der Waals surface area contributed by atoms with Gasteiger partial charge in [-0.2, -0.15) is 0 Å². The van der Waals surface area contributed by atoms with E-state index in [1.54, 1.807) is 13.1 Å². The average molecular weight is 243 g/mol. The van der Waals surface area contributed by atoms with Crippen molar-refractivity contribution < 1.29 is 9.18 Å². The molecule has 0 saturated carbocycles. The van der Waals surface area contributed by atoms with Crippen molar-refractivity contribution in [3.8, 4) is 0 Å². The third-order valence-electron chi connectivity index (χ3n) is 2.85. The van der Waals surface area contributed by atoms with Crippen molar-refractivity contribution in [3.05, 3.63) is 34.6 Å². The van der Waals surface area contributed by atoms with E-state index >= 15 is 0 Å². The van der Waals surface area contributed by atoms with Gasteiger partial charge in [0.25, 0.3) is 0 Å². The number of amides is 1. The second-order valence-corrected chi connectivity index (χ2v) is 4.46. The molecule has 0 unspecified atom stereocenters. The molecule has 1 aromatic carbocycles. The normalized spacial score (nSPS) is 25.2. The molecule has 0 radical (unpaired) electrons. The summed E-state index contributed by atoms with van der Waals surface area (Å²) in [5.41, 5.74) is 6.51. The molecule has 0 aliphatic carbocycles. The number of nitrogens with zero attached hydrogens (tertiary/aromatic N) is 1. The summed E-state index contributed by atoms with van der Waals surface area (Å²) in [4.78, 5) is 13.0. The molecule has 1 fully saturated rings. The average Bonchev–Trinajstić information content (AvgIpc) is 2.39. The molecule has 2 atom stereocenters. The predicted octanol–water partition coefficient (Wildman–Crippen LogP) is 1.71. The van der Waals surface area contributed by atoms with Gasteiger partial charge in [0.2, 0.25) is 5.91 Å². The Balaban J connectivity index is 2.40. The second-order valence-electron chi connectivity index (χ2n) is 4.02. The molecule has 1 aromatic rings. The van der Waals surface area contributed by atoms with Crippen LogP contribution in [-0.2, 0) is 4.79 Å². The molecular weight excluding hydrogens is 231 g/mol. The molecular formula is C11H12ClFN2O. The van der Waals surface area contributed by atoms with Crippen LogP contribution in [0.5, 0.6) is 0 Å². The number of halogens is 2. The molecule has 0 bridgehead atoms. The van der Waals surface area contributed by atoms with Gasteiger partial charge in [0.15, 0.2) is 0 Å². The van der Waals surface area contributed by atoms with Crippen LogP contribution in [0.2, 0.25) is 5.02 Å². The monoisotopic (exact) mass is 242 g/mol. The van der Waals surface area contributed by atoms with Gasteiger partial charge >= 0.3 is 0 Å². The minimum Gasteiger partial charge on any atom is -0.337 e. The van der Waals surface area contributed by atoms with E-state index in [0.717, 1.165) is 0 Å². The van der Waals surface area contributed by atoms with Crippen molar-refractivity contribution in [1.29, 1.82) is 0 Å². The van der Waals surface area contributed by atoms with Gasteiger partial charge in [-0.15, -0.1) is 0 Å². The van der Waals surface area contributed by atoms with E-state index < -0.39 is 5.82 Å². The summed E-state index contributed by atoms with van der Waals surface area (Å²) in [5.74, 6) is -0.444. The molecule has 3 nitrogen and oxygen atoms in total. The van der Waals surface area contributed by atoms with Crippen LogP contribution in [0, 0.1) is 5.82 Å². The molecule has 1 heterocycles. The molecule has 2 rings (SSSR count). The lowest BCUT2D eigenvalue weighted by Crippen LogP contribution is -2.30. The van der Waals surface area contributed by atoms with E-state index in [9.17, 15) is 9.18 Å². The summed E-state index contributed by atoms with van der Waals surface area (Å²) in [5, 5.41) is 0.315. The third-order valence-corrected chi connectivity index (χ3v) is 3.07. The summed E-state index contributed by atoms with van der Waals surface area (Å²) >= 11 is 5.78. The van der Waals surface area contributed by atoms with Crippen LogP contribution in [-0.4, -0.2) is 23.9 Å². The summed E-state index contributed by atoms with van der Waals surface area (Å²) in [6, 6.07) is 3.64. The van der Waals surface area contributed by atoms with Gasteiger partial charge in [-0.3, -0.25) is 4.79 Å². The molecule has 1 aliphatic heterocycles. The Kier molecular flexibility index (Phi) is 2.86. The smallest absolute Gasteiger partial charge is 0.224 e. The number of likely N-dealkylation sites (N-methyl/N-ethyl adjacent to an activating group) is 1. The van der Waals surface area contributed by atoms with E-state index in [1.807, 2.05) is 0 Å². The Morgan fingerprint density at radius 3 is 2.69 bits per heavy atom. The number of carbonyl (C=O) groups excluding carboxylic acids is 1. The fourth-order valence-corrected chi connectivity index (χ4v) is 2.35. The first-order valence-electron chi connectivity index (χ1n) is 4.96. The van der Waals surface area contributed by atoms with E-state index in [4.69, 9.17) is 17.3 Å². The van der Waals surface area contributed by atoms with Gasteiger partial charge in [-0.25, -0.2) is 4.39 Å². The molecule has 16 heavy (non-hydrogen) atoms. The van der Waals surface area contributed by atoms with E-state index in [0.29, 0.717) is 10.6 Å². The van der Waals surface area contributed by atoms with Crippen LogP contribution in [0.25, 0.3) is 0 Å². The van der Waals surface area contributed by atoms with Gasteiger partial charge in [-0.1, -0.05) is 11.6 Å². The summed E-state index contributed by atoms with van der Waals surface area (Å²) in [6.07, 6.45) is 0.287. The van der Waals surface area contributed by atoms with Gasteiger partial charge in [0.1, 0.15) is 5.82 Å². The van der Waals surface area contributed by atoms with Crippen LogP contribution in [0.1, 0.15) is 18.0 Å². The fraction of sp³-hybridized carbons (Fsp3) is 0.364. The van der Waals surface area contributed by atoms with Gasteiger partial charge in [-0.05, 0) is 23.8 Å². The first-order chi connectivity index (χ1) is 7.49. The quantitative estimate of drug-likeness (QED) is 0.815. The maximum Gasteiger partial charge on any atom is 0.224 e. The van der Waals surface area contributed by atoms with E-state index in [2.05, 4.69) is 0 Å². The summed E-state index contributed by atoms with van der Waals surface area (Å²) in [6.45, 7) is 0. The maximum absolute atomic E-state index is 13.2. The molecule has 0 spiro atoms. The Morgan fingerprint density at radius 1 is 1.50 bits per heavy atom. The molecule has 0 aromatic heterocycles. The Hall–Kier alpha value is -1.13. The first kappa shape index (κ1) is 11.4. The molecule has 1 aliphatic rings. The highest BCUT2D eigenvalue weighted by Gasteiger charge is 2.36. The van der Waals surface area contributed by atoms with Gasteiger partial charge in [0, 0.05) is 24.5 Å². The molecule has 1 amide bonds. The van der Waals surface area contributed by atoms with E-state index in [1.165, 1.54) is 17.0 Å². The largest absolute Gasteiger partial charge is 0.337 e. The van der Waals surface area contributed by atoms with Gasteiger partial charge in [0.05, 0.1) is 6.04 Å². The van der Waals surface area contributed by atoms with Crippen molar-refractivity contribution in [3.63, 3.8) is 0 Å². The van der Waals surface area contributed by atoms with Crippen molar-refractivity contribution in [2.75, 3.05) is 7.05 Å². The van der Waals surface area contributed by atoms with Crippen LogP contribution in [0.15, 0.2) is 18.2 Å². The number of hydrogen-bond acceptors (Lipinski definition) is 2. The lowest BCUT2D eigenvalue weighted by molar-refractivity contribution is -0.127. The van der Waals surface area contributed by atoms with Crippen LogP contribution in [0.4, 0.5) is 4.39 Å². The molecule has 86 valence electrons. The van der Waals surface area contributed by atoms with E-state index in [-0.39, 0.29) is 24.4 Å². The summed E-state index contributed by atoms with van der Waals surface area (Å²) < 4.78 is 13.2. The second kappa shape index (κ2) is 4.03. The number of carbonyl (C=O) groups is 1. The number of hydrogen-bond donors (Lipinski definition) is 1. The third kappa shape index (κ3) is 1.90. The SMILES string of the molecule is CN1C(=O)C[C@H](N)[C@H]1c1cc(F)cc(Cl)c1. The topological polar surface area (TPSA) is 46.3 Å². The highest BCUT2D eigenvalue weighted by molar-refractivity contribution is 6.30.